The average molecular weight is 225 g/mol. The van der Waals surface area contributed by atoms with E-state index < -0.39 is 0 Å². The predicted octanol–water partition coefficient (Wildman–Crippen LogP) is 5.37. The van der Waals surface area contributed by atoms with Crippen molar-refractivity contribution in [1.82, 2.24) is 0 Å². The van der Waals surface area contributed by atoms with Crippen molar-refractivity contribution in [2.24, 2.45) is 0 Å². The third-order valence-electron chi connectivity index (χ3n) is 3.35. The lowest BCUT2D eigenvalue weighted by atomic mass is 9.93. The number of benzene rings is 1. The predicted molar refractivity (Wildman–Crippen MR) is 68.9 cm³/mol. The fourth-order valence-corrected chi connectivity index (χ4v) is 2.08. The van der Waals surface area contributed by atoms with Gasteiger partial charge in [0, 0.05) is 5.02 Å². The summed E-state index contributed by atoms with van der Waals surface area (Å²) in [5.74, 6) is 1.16. The van der Waals surface area contributed by atoms with Crippen LogP contribution in [0.15, 0.2) is 18.2 Å². The van der Waals surface area contributed by atoms with Crippen molar-refractivity contribution >= 4 is 11.6 Å². The van der Waals surface area contributed by atoms with Crippen LogP contribution >= 0.6 is 11.6 Å². The van der Waals surface area contributed by atoms with E-state index in [0.29, 0.717) is 11.8 Å². The maximum absolute atomic E-state index is 6.30. The molecule has 0 aliphatic heterocycles. The Morgan fingerprint density at radius 2 is 1.67 bits per heavy atom. The van der Waals surface area contributed by atoms with Gasteiger partial charge in [-0.25, -0.2) is 0 Å². The van der Waals surface area contributed by atoms with Crippen molar-refractivity contribution in [3.05, 3.63) is 34.3 Å². The maximum Gasteiger partial charge on any atom is 0.0443 e. The zero-order valence-electron chi connectivity index (χ0n) is 10.2. The minimum atomic E-state index is 0.559. The van der Waals surface area contributed by atoms with Crippen molar-refractivity contribution < 1.29 is 0 Å². The molecular formula is C14H21Cl. The highest BCUT2D eigenvalue weighted by atomic mass is 35.5. The molecule has 0 saturated heterocycles. The van der Waals surface area contributed by atoms with Gasteiger partial charge in [0.2, 0.25) is 0 Å². The molecule has 0 nitrogen and oxygen atoms in total. The Labute approximate surface area is 98.7 Å². The Bertz CT molecular complexity index is 317. The van der Waals surface area contributed by atoms with Crippen LogP contribution in [0, 0.1) is 0 Å². The Kier molecular flexibility index (Phi) is 4.66. The van der Waals surface area contributed by atoms with Crippen LogP contribution in [0.4, 0.5) is 0 Å². The van der Waals surface area contributed by atoms with Gasteiger partial charge in [-0.2, -0.15) is 0 Å². The van der Waals surface area contributed by atoms with E-state index in [-0.39, 0.29) is 0 Å². The van der Waals surface area contributed by atoms with E-state index in [4.69, 9.17) is 11.6 Å². The lowest BCUT2D eigenvalue weighted by Gasteiger charge is -2.15. The molecule has 0 bridgehead atoms. The Morgan fingerprint density at radius 1 is 1.07 bits per heavy atom. The summed E-state index contributed by atoms with van der Waals surface area (Å²) in [6.07, 6.45) is 2.31. The van der Waals surface area contributed by atoms with Gasteiger partial charge in [-0.05, 0) is 41.9 Å². The van der Waals surface area contributed by atoms with Gasteiger partial charge in [0.25, 0.3) is 0 Å². The highest BCUT2D eigenvalue weighted by Gasteiger charge is 2.10. The Morgan fingerprint density at radius 3 is 2.13 bits per heavy atom. The maximum atomic E-state index is 6.30. The first-order valence-electron chi connectivity index (χ1n) is 5.89. The molecule has 0 N–H and O–H groups in total. The number of hydrogen-bond acceptors (Lipinski definition) is 0. The van der Waals surface area contributed by atoms with Crippen molar-refractivity contribution in [2.75, 3.05) is 0 Å². The Hall–Kier alpha value is -0.490. The largest absolute Gasteiger partial charge is 0.0840 e. The summed E-state index contributed by atoms with van der Waals surface area (Å²) in [6.45, 7) is 8.88. The van der Waals surface area contributed by atoms with Crippen molar-refractivity contribution in [2.45, 2.75) is 52.4 Å². The number of hydrogen-bond donors (Lipinski definition) is 0. The zero-order chi connectivity index (χ0) is 11.4. The highest BCUT2D eigenvalue weighted by Crippen LogP contribution is 2.30. The van der Waals surface area contributed by atoms with E-state index in [0.717, 1.165) is 11.4 Å². The average Bonchev–Trinajstić information content (AvgIpc) is 2.26. The van der Waals surface area contributed by atoms with Crippen LogP contribution in [0.3, 0.4) is 0 Å². The van der Waals surface area contributed by atoms with Crippen LogP contribution in [0.1, 0.15) is 63.5 Å². The second kappa shape index (κ2) is 5.55. The lowest BCUT2D eigenvalue weighted by molar-refractivity contribution is 0.720. The summed E-state index contributed by atoms with van der Waals surface area (Å²) in [4.78, 5) is 0. The van der Waals surface area contributed by atoms with Gasteiger partial charge < -0.3 is 0 Å². The summed E-state index contributed by atoms with van der Waals surface area (Å²) in [5, 5.41) is 0.933. The summed E-state index contributed by atoms with van der Waals surface area (Å²) < 4.78 is 0. The summed E-state index contributed by atoms with van der Waals surface area (Å²) in [5.41, 5.74) is 2.64. The molecule has 0 radical (unpaired) electrons. The molecular weight excluding hydrogens is 204 g/mol. The fourth-order valence-electron chi connectivity index (χ4n) is 1.71. The minimum Gasteiger partial charge on any atom is -0.0840 e. The number of halogens is 1. The summed E-state index contributed by atoms with van der Waals surface area (Å²) >= 11 is 6.30. The number of rotatable bonds is 4. The fraction of sp³-hybridized carbons (Fsp3) is 0.571. The van der Waals surface area contributed by atoms with Crippen LogP contribution in [-0.2, 0) is 0 Å². The van der Waals surface area contributed by atoms with Crippen LogP contribution in [0.5, 0.6) is 0 Å². The van der Waals surface area contributed by atoms with Gasteiger partial charge in [0.15, 0.2) is 0 Å². The van der Waals surface area contributed by atoms with E-state index >= 15 is 0 Å². The molecule has 0 aromatic heterocycles. The van der Waals surface area contributed by atoms with Gasteiger partial charge in [-0.3, -0.25) is 0 Å². The lowest BCUT2D eigenvalue weighted by Crippen LogP contribution is -1.96. The molecule has 1 heteroatoms. The van der Waals surface area contributed by atoms with E-state index in [1.807, 2.05) is 0 Å². The molecule has 0 spiro atoms. The molecule has 0 fully saturated rings. The Balaban J connectivity index is 2.97. The minimum absolute atomic E-state index is 0.559. The second-order valence-electron chi connectivity index (χ2n) is 4.40. The van der Waals surface area contributed by atoms with E-state index in [9.17, 15) is 0 Å². The quantitative estimate of drug-likeness (QED) is 0.645. The molecule has 0 saturated carbocycles. The van der Waals surface area contributed by atoms with E-state index in [2.05, 4.69) is 45.9 Å². The first kappa shape index (κ1) is 12.6. The molecule has 2 atom stereocenters. The van der Waals surface area contributed by atoms with Crippen LogP contribution in [-0.4, -0.2) is 0 Å². The van der Waals surface area contributed by atoms with Gasteiger partial charge in [-0.1, -0.05) is 51.4 Å². The first-order valence-corrected chi connectivity index (χ1v) is 6.27. The van der Waals surface area contributed by atoms with Gasteiger partial charge in [0.1, 0.15) is 0 Å². The molecule has 84 valence electrons. The molecule has 0 amide bonds. The topological polar surface area (TPSA) is 0 Å². The van der Waals surface area contributed by atoms with Crippen molar-refractivity contribution in [1.29, 1.82) is 0 Å². The van der Waals surface area contributed by atoms with Gasteiger partial charge in [-0.15, -0.1) is 0 Å². The molecule has 0 aliphatic rings. The summed E-state index contributed by atoms with van der Waals surface area (Å²) in [6, 6.07) is 6.55. The molecule has 15 heavy (non-hydrogen) atoms. The van der Waals surface area contributed by atoms with Crippen LogP contribution in [0.2, 0.25) is 5.02 Å². The molecule has 2 unspecified atom stereocenters. The van der Waals surface area contributed by atoms with E-state index in [1.165, 1.54) is 17.5 Å². The van der Waals surface area contributed by atoms with Crippen molar-refractivity contribution in [3.8, 4) is 0 Å². The second-order valence-corrected chi connectivity index (χ2v) is 4.81. The van der Waals surface area contributed by atoms with Crippen LogP contribution in [0.25, 0.3) is 0 Å². The SMILES string of the molecule is CCC(C)c1ccc(C(C)CC)c(Cl)c1. The summed E-state index contributed by atoms with van der Waals surface area (Å²) in [7, 11) is 0. The van der Waals surface area contributed by atoms with Crippen LogP contribution < -0.4 is 0 Å². The molecule has 1 aromatic rings. The zero-order valence-corrected chi connectivity index (χ0v) is 10.9. The monoisotopic (exact) mass is 224 g/mol. The van der Waals surface area contributed by atoms with Gasteiger partial charge in [0.05, 0.1) is 0 Å². The molecule has 1 rings (SSSR count). The van der Waals surface area contributed by atoms with Crippen molar-refractivity contribution in [3.63, 3.8) is 0 Å². The molecule has 0 aliphatic carbocycles. The first-order chi connectivity index (χ1) is 7.10. The normalized spacial score (nSPS) is 15.0. The smallest absolute Gasteiger partial charge is 0.0443 e. The van der Waals surface area contributed by atoms with E-state index in [1.54, 1.807) is 0 Å². The molecule has 0 heterocycles. The standard InChI is InChI=1S/C14H21Cl/c1-5-10(3)12-7-8-13(11(4)6-2)14(15)9-12/h7-11H,5-6H2,1-4H3. The third-order valence-corrected chi connectivity index (χ3v) is 3.68. The molecule has 1 aromatic carbocycles. The highest BCUT2D eigenvalue weighted by molar-refractivity contribution is 6.31. The van der Waals surface area contributed by atoms with Gasteiger partial charge >= 0.3 is 0 Å². The third kappa shape index (κ3) is 2.98.